The molecule has 0 aliphatic carbocycles. The van der Waals surface area contributed by atoms with Gasteiger partial charge in [0.2, 0.25) is 5.13 Å². The number of nitro groups is 1. The number of halogens is 1. The highest BCUT2D eigenvalue weighted by Crippen LogP contribution is 2.32. The van der Waals surface area contributed by atoms with Gasteiger partial charge in [0.05, 0.1) is 22.5 Å². The van der Waals surface area contributed by atoms with E-state index in [9.17, 15) is 19.7 Å². The predicted molar refractivity (Wildman–Crippen MR) is 130 cm³/mol. The number of rotatable bonds is 5. The number of nitrogens with zero attached hydrogens (tertiary/aromatic N) is 4. The second-order valence-electron chi connectivity index (χ2n) is 6.89. The molecule has 0 aliphatic heterocycles. The van der Waals surface area contributed by atoms with Crippen molar-refractivity contribution in [1.82, 2.24) is 4.98 Å². The van der Waals surface area contributed by atoms with Gasteiger partial charge in [0.1, 0.15) is 16.1 Å². The van der Waals surface area contributed by atoms with Crippen molar-refractivity contribution >= 4 is 71.6 Å². The first-order chi connectivity index (χ1) is 16.4. The number of hydrogen-bond donors (Lipinski definition) is 0. The number of anilines is 1. The lowest BCUT2D eigenvalue weighted by Gasteiger charge is -2.13. The molecule has 3 heterocycles. The molecule has 0 fully saturated rings. The Balaban J connectivity index is 1.61. The van der Waals surface area contributed by atoms with Gasteiger partial charge in [-0.25, -0.2) is 9.78 Å². The second kappa shape index (κ2) is 8.65. The second-order valence-corrected chi connectivity index (χ2v) is 8.81. The Bertz CT molecular complexity index is 1670. The SMILES string of the molecule is O=C(c1cc2ccccc2oc1=O)N(/N=C/c1ccc([N+](=O)[O-])o1)c1nc2ccc(Br)cc2s1. The van der Waals surface area contributed by atoms with Gasteiger partial charge in [-0.1, -0.05) is 45.5 Å². The van der Waals surface area contributed by atoms with Crippen LogP contribution in [0.4, 0.5) is 11.0 Å². The van der Waals surface area contributed by atoms with Crippen LogP contribution in [0.15, 0.2) is 83.9 Å². The van der Waals surface area contributed by atoms with Gasteiger partial charge in [0.15, 0.2) is 5.76 Å². The molecule has 0 saturated heterocycles. The van der Waals surface area contributed by atoms with E-state index in [1.807, 2.05) is 6.07 Å². The minimum Gasteiger partial charge on any atom is -0.422 e. The number of benzene rings is 2. The lowest BCUT2D eigenvalue weighted by molar-refractivity contribution is -0.402. The van der Waals surface area contributed by atoms with Crippen LogP contribution in [0.25, 0.3) is 21.2 Å². The topological polar surface area (TPSA) is 132 Å². The molecular weight excluding hydrogens is 528 g/mol. The quantitative estimate of drug-likeness (QED) is 0.127. The number of furan rings is 1. The van der Waals surface area contributed by atoms with Crippen molar-refractivity contribution in [2.75, 3.05) is 5.01 Å². The van der Waals surface area contributed by atoms with Crippen molar-refractivity contribution in [3.63, 3.8) is 0 Å². The molecule has 10 nitrogen and oxygen atoms in total. The van der Waals surface area contributed by atoms with E-state index in [1.54, 1.807) is 36.4 Å². The fourth-order valence-corrected chi connectivity index (χ4v) is 4.59. The lowest BCUT2D eigenvalue weighted by atomic mass is 10.2. The number of amides is 1. The van der Waals surface area contributed by atoms with Crippen LogP contribution >= 0.6 is 27.3 Å². The number of para-hydroxylation sites is 1. The Morgan fingerprint density at radius 2 is 1.97 bits per heavy atom. The molecule has 0 unspecified atom stereocenters. The minimum atomic E-state index is -0.832. The summed E-state index contributed by atoms with van der Waals surface area (Å²) in [7, 11) is 0. The fourth-order valence-electron chi connectivity index (χ4n) is 3.12. The average Bonchev–Trinajstić information content (AvgIpc) is 3.45. The summed E-state index contributed by atoms with van der Waals surface area (Å²) < 4.78 is 12.0. The Labute approximate surface area is 202 Å². The van der Waals surface area contributed by atoms with E-state index in [1.165, 1.54) is 29.5 Å². The maximum Gasteiger partial charge on any atom is 0.433 e. The van der Waals surface area contributed by atoms with E-state index in [-0.39, 0.29) is 16.5 Å². The van der Waals surface area contributed by atoms with Crippen molar-refractivity contribution < 1.29 is 18.6 Å². The van der Waals surface area contributed by atoms with Gasteiger partial charge in [0.25, 0.3) is 5.91 Å². The highest BCUT2D eigenvalue weighted by molar-refractivity contribution is 9.10. The molecule has 5 rings (SSSR count). The zero-order chi connectivity index (χ0) is 23.8. The normalized spacial score (nSPS) is 11.4. The summed E-state index contributed by atoms with van der Waals surface area (Å²) in [4.78, 5) is 40.7. The van der Waals surface area contributed by atoms with Crippen molar-refractivity contribution in [3.8, 4) is 0 Å². The number of hydrogen-bond acceptors (Lipinski definition) is 9. The Hall–Kier alpha value is -4.16. The third-order valence-electron chi connectivity index (χ3n) is 4.68. The van der Waals surface area contributed by atoms with Gasteiger partial charge in [-0.05, 0) is 36.4 Å². The summed E-state index contributed by atoms with van der Waals surface area (Å²) in [6.45, 7) is 0. The Morgan fingerprint density at radius 3 is 2.76 bits per heavy atom. The van der Waals surface area contributed by atoms with Gasteiger partial charge in [-0.15, -0.1) is 0 Å². The van der Waals surface area contributed by atoms with E-state index >= 15 is 0 Å². The van der Waals surface area contributed by atoms with E-state index in [4.69, 9.17) is 8.83 Å². The molecule has 0 bridgehead atoms. The summed E-state index contributed by atoms with van der Waals surface area (Å²) in [5.41, 5.74) is -0.120. The summed E-state index contributed by atoms with van der Waals surface area (Å²) in [6, 6.07) is 16.1. The average molecular weight is 539 g/mol. The third-order valence-corrected chi connectivity index (χ3v) is 6.16. The smallest absolute Gasteiger partial charge is 0.422 e. The van der Waals surface area contributed by atoms with Crippen molar-refractivity contribution in [3.05, 3.63) is 97.0 Å². The largest absolute Gasteiger partial charge is 0.433 e. The maximum absolute atomic E-state index is 13.5. The van der Waals surface area contributed by atoms with E-state index in [0.29, 0.717) is 16.5 Å². The monoisotopic (exact) mass is 538 g/mol. The molecule has 3 aromatic heterocycles. The zero-order valence-electron chi connectivity index (χ0n) is 16.9. The van der Waals surface area contributed by atoms with Crippen LogP contribution in [0, 0.1) is 10.1 Å². The number of aromatic nitrogens is 1. The van der Waals surface area contributed by atoms with Crippen LogP contribution in [-0.4, -0.2) is 22.0 Å². The minimum absolute atomic E-state index is 0.0406. The molecule has 0 atom stereocenters. The van der Waals surface area contributed by atoms with E-state index in [2.05, 4.69) is 26.0 Å². The number of fused-ring (bicyclic) bond motifs is 2. The van der Waals surface area contributed by atoms with Crippen molar-refractivity contribution in [1.29, 1.82) is 0 Å². The number of carbonyl (C=O) groups is 1. The van der Waals surface area contributed by atoms with Gasteiger partial charge in [0, 0.05) is 9.86 Å². The molecule has 0 radical (unpaired) electrons. The molecule has 5 aromatic rings. The number of carbonyl (C=O) groups excluding carboxylic acids is 1. The summed E-state index contributed by atoms with van der Waals surface area (Å²) in [5, 5.41) is 16.7. The predicted octanol–water partition coefficient (Wildman–Crippen LogP) is 5.35. The molecule has 0 spiro atoms. The number of thiazole rings is 1. The van der Waals surface area contributed by atoms with Gasteiger partial charge < -0.3 is 8.83 Å². The molecule has 0 saturated carbocycles. The third kappa shape index (κ3) is 4.11. The Kier molecular flexibility index (Phi) is 5.51. The van der Waals surface area contributed by atoms with Crippen molar-refractivity contribution in [2.45, 2.75) is 0 Å². The van der Waals surface area contributed by atoms with Gasteiger partial charge >= 0.3 is 11.5 Å². The molecule has 0 aliphatic rings. The van der Waals surface area contributed by atoms with Crippen LogP contribution in [0.3, 0.4) is 0 Å². The van der Waals surface area contributed by atoms with Gasteiger partial charge in [-0.3, -0.25) is 14.9 Å². The first-order valence-electron chi connectivity index (χ1n) is 9.61. The molecule has 34 heavy (non-hydrogen) atoms. The van der Waals surface area contributed by atoms with Crippen LogP contribution < -0.4 is 10.6 Å². The van der Waals surface area contributed by atoms with Crippen LogP contribution in [0.5, 0.6) is 0 Å². The highest BCUT2D eigenvalue weighted by Gasteiger charge is 2.25. The standard InChI is InChI=1S/C22H11BrN4O6S/c23-13-5-7-16-18(10-13)34-22(25-16)26(24-11-14-6-8-19(32-14)27(30)31)20(28)15-9-12-3-1-2-4-17(12)33-21(15)29/h1-11H/b24-11+. The summed E-state index contributed by atoms with van der Waals surface area (Å²) in [6.07, 6.45) is 1.13. The number of hydrazone groups is 1. The highest BCUT2D eigenvalue weighted by atomic mass is 79.9. The van der Waals surface area contributed by atoms with Crippen LogP contribution in [0.2, 0.25) is 0 Å². The lowest BCUT2D eigenvalue weighted by Crippen LogP contribution is -2.30. The van der Waals surface area contributed by atoms with Crippen LogP contribution in [0.1, 0.15) is 16.1 Å². The summed E-state index contributed by atoms with van der Waals surface area (Å²) in [5.74, 6) is -1.21. The van der Waals surface area contributed by atoms with Gasteiger partial charge in [-0.2, -0.15) is 10.1 Å². The molecule has 168 valence electrons. The molecule has 0 N–H and O–H groups in total. The molecule has 1 amide bonds. The molecular formula is C22H11BrN4O6S. The first kappa shape index (κ1) is 21.7. The van der Waals surface area contributed by atoms with E-state index < -0.39 is 22.3 Å². The fraction of sp³-hybridized carbons (Fsp3) is 0. The Morgan fingerprint density at radius 1 is 1.15 bits per heavy atom. The maximum atomic E-state index is 13.5. The molecule has 12 heteroatoms. The van der Waals surface area contributed by atoms with Crippen molar-refractivity contribution in [2.24, 2.45) is 5.10 Å². The zero-order valence-corrected chi connectivity index (χ0v) is 19.3. The van der Waals surface area contributed by atoms with Crippen LogP contribution in [-0.2, 0) is 0 Å². The molecule has 2 aromatic carbocycles. The summed E-state index contributed by atoms with van der Waals surface area (Å²) >= 11 is 4.58. The van der Waals surface area contributed by atoms with E-state index in [0.717, 1.165) is 20.4 Å². The first-order valence-corrected chi connectivity index (χ1v) is 11.2.